The highest BCUT2D eigenvalue weighted by molar-refractivity contribution is 5.80. The van der Waals surface area contributed by atoms with E-state index in [1.165, 1.54) is 6.07 Å². The van der Waals surface area contributed by atoms with Gasteiger partial charge in [-0.15, -0.1) is 0 Å². The maximum absolute atomic E-state index is 14.0. The summed E-state index contributed by atoms with van der Waals surface area (Å²) < 4.78 is 20.3. The normalized spacial score (nSPS) is 28.1. The summed E-state index contributed by atoms with van der Waals surface area (Å²) in [5.74, 6) is 0.119. The molecular formula is C18H25FN2O2. The van der Waals surface area contributed by atoms with Crippen molar-refractivity contribution >= 4 is 11.5 Å². The Hall–Kier alpha value is -1.46. The van der Waals surface area contributed by atoms with Crippen molar-refractivity contribution in [3.8, 4) is 0 Å². The monoisotopic (exact) mass is 320 g/mol. The molecule has 1 aliphatic heterocycles. The smallest absolute Gasteiger partial charge is 0.135 e. The number of nitrogens with one attached hydrogen (secondary N) is 2. The Bertz CT molecular complexity index is 574. The zero-order valence-electron chi connectivity index (χ0n) is 13.7. The maximum atomic E-state index is 14.0. The molecule has 0 aromatic heterocycles. The van der Waals surface area contributed by atoms with Crippen molar-refractivity contribution in [2.75, 3.05) is 25.5 Å². The number of hydrogen-bond donors (Lipinski definition) is 2. The van der Waals surface area contributed by atoms with Gasteiger partial charge in [-0.1, -0.05) is 6.07 Å². The van der Waals surface area contributed by atoms with E-state index in [2.05, 4.69) is 10.6 Å². The lowest BCUT2D eigenvalue weighted by molar-refractivity contribution is -0.151. The molecule has 4 nitrogen and oxygen atoms in total. The zero-order valence-corrected chi connectivity index (χ0v) is 13.7. The van der Waals surface area contributed by atoms with Gasteiger partial charge in [-0.05, 0) is 37.8 Å². The van der Waals surface area contributed by atoms with E-state index < -0.39 is 0 Å². The lowest BCUT2D eigenvalue weighted by atomic mass is 9.82. The summed E-state index contributed by atoms with van der Waals surface area (Å²) in [7, 11) is 1.81. The predicted octanol–water partition coefficient (Wildman–Crippen LogP) is 2.67. The Labute approximate surface area is 136 Å². The van der Waals surface area contributed by atoms with Gasteiger partial charge >= 0.3 is 0 Å². The minimum atomic E-state index is -0.334. The molecule has 3 rings (SSSR count). The van der Waals surface area contributed by atoms with Crippen LogP contribution in [0.4, 0.5) is 10.1 Å². The summed E-state index contributed by atoms with van der Waals surface area (Å²) in [6, 6.07) is 5.10. The second kappa shape index (κ2) is 6.97. The fourth-order valence-electron chi connectivity index (χ4n) is 3.81. The van der Waals surface area contributed by atoms with Crippen LogP contribution in [-0.2, 0) is 16.0 Å². The number of carbonyl (C=O) groups excluding carboxylic acids is 1. The van der Waals surface area contributed by atoms with Gasteiger partial charge in [0.1, 0.15) is 11.6 Å². The third-order valence-electron chi connectivity index (χ3n) is 4.95. The molecule has 1 spiro atoms. The minimum absolute atomic E-state index is 0.0268. The zero-order chi connectivity index (χ0) is 16.3. The number of morpholine rings is 1. The molecule has 2 aliphatic rings. The Kier molecular flexibility index (Phi) is 4.97. The van der Waals surface area contributed by atoms with Crippen molar-refractivity contribution in [2.45, 2.75) is 50.2 Å². The quantitative estimate of drug-likeness (QED) is 0.895. The molecule has 1 unspecified atom stereocenters. The van der Waals surface area contributed by atoms with E-state index in [4.69, 9.17) is 4.74 Å². The van der Waals surface area contributed by atoms with Crippen molar-refractivity contribution in [1.29, 1.82) is 0 Å². The highest BCUT2D eigenvalue weighted by Crippen LogP contribution is 2.33. The van der Waals surface area contributed by atoms with Crippen LogP contribution in [0.25, 0.3) is 0 Å². The number of Topliss-reactive ketones (excluding diaryl/α,β-unsaturated/α-hetero) is 1. The lowest BCUT2D eigenvalue weighted by Crippen LogP contribution is -2.56. The summed E-state index contributed by atoms with van der Waals surface area (Å²) in [5, 5.41) is 6.45. The van der Waals surface area contributed by atoms with Crippen molar-refractivity contribution in [2.24, 2.45) is 0 Å². The van der Waals surface area contributed by atoms with Crippen LogP contribution < -0.4 is 10.6 Å². The van der Waals surface area contributed by atoms with Crippen LogP contribution in [-0.4, -0.2) is 37.6 Å². The van der Waals surface area contributed by atoms with E-state index in [9.17, 15) is 9.18 Å². The number of benzene rings is 1. The molecule has 0 bridgehead atoms. The largest absolute Gasteiger partial charge is 0.388 e. The fourth-order valence-corrected chi connectivity index (χ4v) is 3.81. The summed E-state index contributed by atoms with van der Waals surface area (Å²) in [4.78, 5) is 11.8. The van der Waals surface area contributed by atoms with Crippen LogP contribution in [0.3, 0.4) is 0 Å². The third kappa shape index (κ3) is 3.72. The van der Waals surface area contributed by atoms with E-state index in [1.807, 2.05) is 6.07 Å². The van der Waals surface area contributed by atoms with Gasteiger partial charge in [0.2, 0.25) is 0 Å². The molecule has 2 N–H and O–H groups in total. The van der Waals surface area contributed by atoms with Gasteiger partial charge in [-0.2, -0.15) is 0 Å². The molecule has 1 aromatic carbocycles. The first-order valence-electron chi connectivity index (χ1n) is 8.47. The number of ketones is 1. The van der Waals surface area contributed by atoms with Crippen LogP contribution in [0.2, 0.25) is 0 Å². The molecule has 1 saturated carbocycles. The van der Waals surface area contributed by atoms with Crippen molar-refractivity contribution < 1.29 is 13.9 Å². The first kappa shape index (κ1) is 16.4. The molecule has 0 radical (unpaired) electrons. The lowest BCUT2D eigenvalue weighted by Gasteiger charge is -2.43. The van der Waals surface area contributed by atoms with Gasteiger partial charge in [-0.3, -0.25) is 4.79 Å². The van der Waals surface area contributed by atoms with Gasteiger partial charge in [0.15, 0.2) is 0 Å². The number of anilines is 1. The van der Waals surface area contributed by atoms with E-state index in [0.29, 0.717) is 30.6 Å². The average molecular weight is 320 g/mol. The molecule has 5 heteroatoms. The van der Waals surface area contributed by atoms with Gasteiger partial charge in [0, 0.05) is 44.2 Å². The molecule has 1 saturated heterocycles. The summed E-state index contributed by atoms with van der Waals surface area (Å²) >= 11 is 0. The third-order valence-corrected chi connectivity index (χ3v) is 4.95. The average Bonchev–Trinajstić information content (AvgIpc) is 2.53. The SMILES string of the molecule is CNc1cccc(F)c1CC[C@@H]1CNCC2(CCCC(=O)C2)O1. The second-order valence-electron chi connectivity index (χ2n) is 6.68. The van der Waals surface area contributed by atoms with Gasteiger partial charge in [-0.25, -0.2) is 4.39 Å². The molecule has 126 valence electrons. The molecular weight excluding hydrogens is 295 g/mol. The van der Waals surface area contributed by atoms with Gasteiger partial charge in [0.05, 0.1) is 11.7 Å². The highest BCUT2D eigenvalue weighted by atomic mass is 19.1. The number of halogens is 1. The number of hydrogen-bond acceptors (Lipinski definition) is 4. The van der Waals surface area contributed by atoms with Gasteiger partial charge in [0.25, 0.3) is 0 Å². The highest BCUT2D eigenvalue weighted by Gasteiger charge is 2.40. The number of rotatable bonds is 4. The summed E-state index contributed by atoms with van der Waals surface area (Å²) in [5.41, 5.74) is 1.20. The molecule has 2 fully saturated rings. The van der Waals surface area contributed by atoms with Crippen molar-refractivity contribution in [3.63, 3.8) is 0 Å². The molecule has 1 aliphatic carbocycles. The first-order valence-corrected chi connectivity index (χ1v) is 8.47. The number of carbonyl (C=O) groups is 1. The van der Waals surface area contributed by atoms with Crippen LogP contribution in [0.5, 0.6) is 0 Å². The molecule has 1 heterocycles. The van der Waals surface area contributed by atoms with Gasteiger partial charge < -0.3 is 15.4 Å². The van der Waals surface area contributed by atoms with E-state index >= 15 is 0 Å². The summed E-state index contributed by atoms with van der Waals surface area (Å²) in [6.07, 6.45) is 4.43. The maximum Gasteiger partial charge on any atom is 0.135 e. The van der Waals surface area contributed by atoms with Crippen molar-refractivity contribution in [1.82, 2.24) is 5.32 Å². The Morgan fingerprint density at radius 1 is 1.48 bits per heavy atom. The minimum Gasteiger partial charge on any atom is -0.388 e. The fraction of sp³-hybridized carbons (Fsp3) is 0.611. The molecule has 23 heavy (non-hydrogen) atoms. The van der Waals surface area contributed by atoms with E-state index in [1.54, 1.807) is 13.1 Å². The standard InChI is InChI=1S/C18H25FN2O2/c1-20-17-6-2-5-16(19)15(17)8-7-14-11-21-12-18(23-14)9-3-4-13(22)10-18/h2,5-6,14,20-21H,3-4,7-12H2,1H3/t14-,18?/m1/s1. The Balaban J connectivity index is 1.64. The van der Waals surface area contributed by atoms with Crippen molar-refractivity contribution in [3.05, 3.63) is 29.6 Å². The van der Waals surface area contributed by atoms with E-state index in [0.717, 1.165) is 38.0 Å². The number of ether oxygens (including phenoxy) is 1. The molecule has 1 aromatic rings. The summed E-state index contributed by atoms with van der Waals surface area (Å²) in [6.45, 7) is 1.51. The first-order chi connectivity index (χ1) is 11.1. The van der Waals surface area contributed by atoms with Crippen LogP contribution in [0.1, 0.15) is 37.7 Å². The van der Waals surface area contributed by atoms with Crippen LogP contribution in [0.15, 0.2) is 18.2 Å². The van der Waals surface area contributed by atoms with Crippen LogP contribution >= 0.6 is 0 Å². The molecule has 2 atom stereocenters. The second-order valence-corrected chi connectivity index (χ2v) is 6.68. The molecule has 0 amide bonds. The van der Waals surface area contributed by atoms with Crippen LogP contribution in [0, 0.1) is 5.82 Å². The van der Waals surface area contributed by atoms with E-state index in [-0.39, 0.29) is 17.5 Å². The Morgan fingerprint density at radius 3 is 3.13 bits per heavy atom. The predicted molar refractivity (Wildman–Crippen MR) is 88.2 cm³/mol. The Morgan fingerprint density at radius 2 is 2.35 bits per heavy atom. The topological polar surface area (TPSA) is 50.4 Å².